The van der Waals surface area contributed by atoms with Gasteiger partial charge in [-0.25, -0.2) is 0 Å². The molecule has 0 aliphatic heterocycles. The zero-order valence-electron chi connectivity index (χ0n) is 12.1. The number of fused-ring (bicyclic) bond motifs is 1. The van der Waals surface area contributed by atoms with Crippen LogP contribution in [0.15, 0.2) is 36.4 Å². The van der Waals surface area contributed by atoms with Gasteiger partial charge in [0.05, 0.1) is 0 Å². The summed E-state index contributed by atoms with van der Waals surface area (Å²) < 4.78 is 0. The normalized spacial score (nSPS) is 17.1. The van der Waals surface area contributed by atoms with Crippen LogP contribution in [-0.4, -0.2) is 6.04 Å². The van der Waals surface area contributed by atoms with Crippen LogP contribution in [0, 0.1) is 6.92 Å². The first-order valence-corrected chi connectivity index (χ1v) is 7.79. The van der Waals surface area contributed by atoms with E-state index in [1.165, 1.54) is 54.5 Å². The van der Waals surface area contributed by atoms with Crippen LogP contribution < -0.4 is 5.32 Å². The van der Waals surface area contributed by atoms with Gasteiger partial charge in [-0.05, 0) is 72.9 Å². The lowest BCUT2D eigenvalue weighted by molar-refractivity contribution is 0.912. The molecule has 1 nitrogen and oxygen atoms in total. The number of hydrogen-bond acceptors (Lipinski definition) is 1. The van der Waals surface area contributed by atoms with Crippen molar-refractivity contribution in [3.8, 4) is 11.1 Å². The lowest BCUT2D eigenvalue weighted by Gasteiger charge is -2.14. The number of nitrogens with one attached hydrogen (secondary N) is 1. The predicted molar refractivity (Wildman–Crippen MR) is 85.3 cm³/mol. The van der Waals surface area contributed by atoms with Crippen LogP contribution in [-0.2, 0) is 12.8 Å². The summed E-state index contributed by atoms with van der Waals surface area (Å²) in [5.41, 5.74) is 8.57. The van der Waals surface area contributed by atoms with Gasteiger partial charge in [0.2, 0.25) is 0 Å². The highest BCUT2D eigenvalue weighted by atomic mass is 15.0. The van der Waals surface area contributed by atoms with Gasteiger partial charge in [-0.15, -0.1) is 0 Å². The highest BCUT2D eigenvalue weighted by Gasteiger charge is 2.22. The summed E-state index contributed by atoms with van der Waals surface area (Å²) >= 11 is 0. The van der Waals surface area contributed by atoms with Crippen LogP contribution in [0.5, 0.6) is 0 Å². The molecule has 1 fully saturated rings. The number of rotatable bonds is 3. The number of anilines is 1. The Kier molecular flexibility index (Phi) is 2.80. The van der Waals surface area contributed by atoms with Crippen molar-refractivity contribution in [3.63, 3.8) is 0 Å². The molecule has 2 aromatic carbocycles. The molecule has 0 radical (unpaired) electrons. The molecule has 2 aromatic rings. The number of aryl methyl sites for hydroxylation is 2. The van der Waals surface area contributed by atoms with E-state index in [0.29, 0.717) is 6.04 Å². The molecule has 1 heteroatoms. The van der Waals surface area contributed by atoms with Crippen molar-refractivity contribution >= 4 is 5.69 Å². The zero-order valence-corrected chi connectivity index (χ0v) is 12.1. The van der Waals surface area contributed by atoms with E-state index in [-0.39, 0.29) is 0 Å². The minimum Gasteiger partial charge on any atom is -0.382 e. The molecule has 102 valence electrons. The Morgan fingerprint density at radius 3 is 2.70 bits per heavy atom. The molecule has 1 N–H and O–H groups in total. The summed E-state index contributed by atoms with van der Waals surface area (Å²) in [6.45, 7) is 2.24. The first-order valence-electron chi connectivity index (χ1n) is 7.79. The lowest BCUT2D eigenvalue weighted by atomic mass is 9.96. The highest BCUT2D eigenvalue weighted by molar-refractivity contribution is 5.74. The molecule has 2 aliphatic carbocycles. The molecular formula is C19H21N. The molecular weight excluding hydrogens is 242 g/mol. The Bertz CT molecular complexity index is 653. The Balaban J connectivity index is 1.73. The van der Waals surface area contributed by atoms with Crippen LogP contribution in [0.2, 0.25) is 0 Å². The average Bonchev–Trinajstić information content (AvgIpc) is 3.15. The second-order valence-corrected chi connectivity index (χ2v) is 6.23. The summed E-state index contributed by atoms with van der Waals surface area (Å²) in [4.78, 5) is 0. The molecule has 0 bridgehead atoms. The fourth-order valence-electron chi connectivity index (χ4n) is 3.29. The maximum atomic E-state index is 3.65. The van der Waals surface area contributed by atoms with Gasteiger partial charge in [-0.3, -0.25) is 0 Å². The van der Waals surface area contributed by atoms with Crippen molar-refractivity contribution in [2.24, 2.45) is 0 Å². The Morgan fingerprint density at radius 1 is 1.00 bits per heavy atom. The Hall–Kier alpha value is -1.76. The number of hydrogen-bond donors (Lipinski definition) is 1. The van der Waals surface area contributed by atoms with Crippen molar-refractivity contribution in [1.29, 1.82) is 0 Å². The monoisotopic (exact) mass is 263 g/mol. The van der Waals surface area contributed by atoms with Crippen LogP contribution in [0.3, 0.4) is 0 Å². The molecule has 0 atom stereocenters. The average molecular weight is 263 g/mol. The molecule has 0 unspecified atom stereocenters. The smallest absolute Gasteiger partial charge is 0.0378 e. The summed E-state index contributed by atoms with van der Waals surface area (Å²) in [6.07, 6.45) is 6.48. The van der Waals surface area contributed by atoms with Gasteiger partial charge in [0, 0.05) is 11.7 Å². The largest absolute Gasteiger partial charge is 0.382 e. The molecule has 0 saturated heterocycles. The molecule has 1 saturated carbocycles. The van der Waals surface area contributed by atoms with E-state index in [0.717, 1.165) is 0 Å². The zero-order chi connectivity index (χ0) is 13.5. The second-order valence-electron chi connectivity index (χ2n) is 6.23. The van der Waals surface area contributed by atoms with Crippen molar-refractivity contribution < 1.29 is 0 Å². The summed E-state index contributed by atoms with van der Waals surface area (Å²) in [7, 11) is 0. The highest BCUT2D eigenvalue weighted by Crippen LogP contribution is 2.34. The fraction of sp³-hybridized carbons (Fsp3) is 0.368. The Morgan fingerprint density at radius 2 is 1.85 bits per heavy atom. The molecule has 0 spiro atoms. The van der Waals surface area contributed by atoms with Crippen molar-refractivity contribution in [3.05, 3.63) is 53.1 Å². The molecule has 20 heavy (non-hydrogen) atoms. The van der Waals surface area contributed by atoms with Crippen molar-refractivity contribution in [2.75, 3.05) is 5.32 Å². The van der Waals surface area contributed by atoms with Gasteiger partial charge >= 0.3 is 0 Å². The maximum absolute atomic E-state index is 3.65. The minimum atomic E-state index is 0.712. The third-order valence-corrected chi connectivity index (χ3v) is 4.68. The maximum Gasteiger partial charge on any atom is 0.0378 e. The van der Waals surface area contributed by atoms with Crippen LogP contribution in [0.1, 0.15) is 36.0 Å². The second kappa shape index (κ2) is 4.66. The van der Waals surface area contributed by atoms with Gasteiger partial charge in [0.25, 0.3) is 0 Å². The molecule has 0 heterocycles. The lowest BCUT2D eigenvalue weighted by Crippen LogP contribution is -2.03. The summed E-state index contributed by atoms with van der Waals surface area (Å²) in [5, 5.41) is 3.65. The van der Waals surface area contributed by atoms with Crippen molar-refractivity contribution in [1.82, 2.24) is 0 Å². The van der Waals surface area contributed by atoms with E-state index in [4.69, 9.17) is 0 Å². The first-order chi connectivity index (χ1) is 9.81. The van der Waals surface area contributed by atoms with Crippen molar-refractivity contribution in [2.45, 2.75) is 45.1 Å². The van der Waals surface area contributed by atoms with E-state index in [1.54, 1.807) is 11.1 Å². The molecule has 0 amide bonds. The summed E-state index contributed by atoms with van der Waals surface area (Å²) in [6, 6.07) is 14.4. The van der Waals surface area contributed by atoms with Gasteiger partial charge in [-0.2, -0.15) is 0 Å². The van der Waals surface area contributed by atoms with Crippen LogP contribution in [0.4, 0.5) is 5.69 Å². The predicted octanol–water partition coefficient (Wildman–Crippen LogP) is 4.73. The fourth-order valence-corrected chi connectivity index (χ4v) is 3.29. The standard InChI is InChI=1S/C19H21N/c1-13-18(6-3-7-19(13)20-17-10-11-17)16-9-8-14-4-2-5-15(14)12-16/h3,6-9,12,17,20H,2,4-5,10-11H2,1H3. The van der Waals surface area contributed by atoms with Gasteiger partial charge < -0.3 is 5.32 Å². The molecule has 0 aromatic heterocycles. The van der Waals surface area contributed by atoms with Crippen LogP contribution in [0.25, 0.3) is 11.1 Å². The topological polar surface area (TPSA) is 12.0 Å². The number of benzene rings is 2. The Labute approximate surface area is 121 Å². The third-order valence-electron chi connectivity index (χ3n) is 4.68. The quantitative estimate of drug-likeness (QED) is 0.844. The SMILES string of the molecule is Cc1c(NC2CC2)cccc1-c1ccc2c(c1)CCC2. The van der Waals surface area contributed by atoms with Gasteiger partial charge in [0.1, 0.15) is 0 Å². The van der Waals surface area contributed by atoms with E-state index in [1.807, 2.05) is 0 Å². The van der Waals surface area contributed by atoms with Gasteiger partial charge in [0.15, 0.2) is 0 Å². The van der Waals surface area contributed by atoms with E-state index >= 15 is 0 Å². The molecule has 2 aliphatic rings. The van der Waals surface area contributed by atoms with E-state index in [9.17, 15) is 0 Å². The van der Waals surface area contributed by atoms with Crippen LogP contribution >= 0.6 is 0 Å². The molecule has 4 rings (SSSR count). The summed E-state index contributed by atoms with van der Waals surface area (Å²) in [5.74, 6) is 0. The third kappa shape index (κ3) is 2.11. The first kappa shape index (κ1) is 12.0. The van der Waals surface area contributed by atoms with Gasteiger partial charge in [-0.1, -0.05) is 30.3 Å². The van der Waals surface area contributed by atoms with E-state index in [2.05, 4.69) is 48.6 Å². The van der Waals surface area contributed by atoms with E-state index < -0.39 is 0 Å². The minimum absolute atomic E-state index is 0.712.